The van der Waals surface area contributed by atoms with Crippen molar-refractivity contribution in [3.63, 3.8) is 0 Å². The monoisotopic (exact) mass is 456 g/mol. The summed E-state index contributed by atoms with van der Waals surface area (Å²) < 4.78 is 25.5. The number of halogens is 1. The Kier molecular flexibility index (Phi) is 8.27. The molecule has 0 radical (unpaired) electrons. The Balaban J connectivity index is 1.47. The van der Waals surface area contributed by atoms with E-state index in [1.54, 1.807) is 25.3 Å². The molecule has 1 aromatic heterocycles. The van der Waals surface area contributed by atoms with Crippen LogP contribution in [0, 0.1) is 5.82 Å². The molecule has 0 saturated heterocycles. The van der Waals surface area contributed by atoms with Crippen LogP contribution in [0.25, 0.3) is 6.08 Å². The van der Waals surface area contributed by atoms with E-state index >= 15 is 0 Å². The van der Waals surface area contributed by atoms with Crippen molar-refractivity contribution in [2.75, 3.05) is 19.5 Å². The number of carbonyl (C=O) groups excluding carboxylic acids is 1. The minimum absolute atomic E-state index is 0.224. The molecule has 9 heteroatoms. The molecule has 168 valence electrons. The number of benzene rings is 2. The summed E-state index contributed by atoms with van der Waals surface area (Å²) >= 11 is 1.49. The summed E-state index contributed by atoms with van der Waals surface area (Å²) in [5.74, 6) is 2.16. The van der Waals surface area contributed by atoms with E-state index in [4.69, 9.17) is 9.47 Å². The molecule has 3 rings (SSSR count). The van der Waals surface area contributed by atoms with Gasteiger partial charge < -0.3 is 19.4 Å². The van der Waals surface area contributed by atoms with E-state index in [-0.39, 0.29) is 17.8 Å². The lowest BCUT2D eigenvalue weighted by Crippen LogP contribution is -2.26. The molecule has 7 nitrogen and oxygen atoms in total. The molecule has 1 N–H and O–H groups in total. The van der Waals surface area contributed by atoms with Crippen molar-refractivity contribution in [1.29, 1.82) is 0 Å². The van der Waals surface area contributed by atoms with E-state index in [1.165, 1.54) is 30.0 Å². The Bertz CT molecular complexity index is 1050. The molecule has 1 atom stereocenters. The van der Waals surface area contributed by atoms with Crippen LogP contribution < -0.4 is 14.8 Å². The minimum atomic E-state index is -0.315. The van der Waals surface area contributed by atoms with Crippen molar-refractivity contribution in [3.05, 3.63) is 71.8 Å². The SMILES string of the molecule is COc1ccc(/C=C/C(=O)NC(C)c2nnc(SCCOc3ccc(F)cc3)n2C)cc1. The van der Waals surface area contributed by atoms with E-state index in [2.05, 4.69) is 15.5 Å². The predicted molar refractivity (Wildman–Crippen MR) is 122 cm³/mol. The fourth-order valence-electron chi connectivity index (χ4n) is 2.87. The molecule has 1 amide bonds. The van der Waals surface area contributed by atoms with Gasteiger partial charge >= 0.3 is 0 Å². The zero-order valence-electron chi connectivity index (χ0n) is 18.1. The van der Waals surface area contributed by atoms with Gasteiger partial charge in [-0.1, -0.05) is 23.9 Å². The van der Waals surface area contributed by atoms with E-state index in [9.17, 15) is 9.18 Å². The van der Waals surface area contributed by atoms with Gasteiger partial charge in [0, 0.05) is 18.9 Å². The summed E-state index contributed by atoms with van der Waals surface area (Å²) in [5.41, 5.74) is 0.897. The number of nitrogens with one attached hydrogen (secondary N) is 1. The van der Waals surface area contributed by atoms with Gasteiger partial charge in [-0.3, -0.25) is 4.79 Å². The highest BCUT2D eigenvalue weighted by atomic mass is 32.2. The highest BCUT2D eigenvalue weighted by molar-refractivity contribution is 7.99. The van der Waals surface area contributed by atoms with Crippen LogP contribution >= 0.6 is 11.8 Å². The average Bonchev–Trinajstić information content (AvgIpc) is 3.17. The van der Waals surface area contributed by atoms with E-state index < -0.39 is 0 Å². The van der Waals surface area contributed by atoms with Crippen LogP contribution in [0.5, 0.6) is 11.5 Å². The molecule has 0 fully saturated rings. The van der Waals surface area contributed by atoms with E-state index in [0.717, 1.165) is 16.5 Å². The number of hydrogen-bond donors (Lipinski definition) is 1. The number of amides is 1. The number of thioether (sulfide) groups is 1. The second kappa shape index (κ2) is 11.3. The van der Waals surface area contributed by atoms with Crippen LogP contribution in [0.15, 0.2) is 59.8 Å². The van der Waals surface area contributed by atoms with Gasteiger partial charge in [0.15, 0.2) is 11.0 Å². The van der Waals surface area contributed by atoms with Gasteiger partial charge in [0.2, 0.25) is 5.91 Å². The fourth-order valence-corrected chi connectivity index (χ4v) is 3.60. The summed E-state index contributed by atoms with van der Waals surface area (Å²) in [5, 5.41) is 12.0. The number of aromatic nitrogens is 3. The highest BCUT2D eigenvalue weighted by Gasteiger charge is 2.16. The lowest BCUT2D eigenvalue weighted by atomic mass is 10.2. The average molecular weight is 457 g/mol. The van der Waals surface area contributed by atoms with Crippen molar-refractivity contribution in [1.82, 2.24) is 20.1 Å². The van der Waals surface area contributed by atoms with Gasteiger partial charge in [-0.25, -0.2) is 4.39 Å². The fraction of sp³-hybridized carbons (Fsp3) is 0.261. The second-order valence-electron chi connectivity index (χ2n) is 6.89. The van der Waals surface area contributed by atoms with Gasteiger partial charge in [0.05, 0.1) is 19.8 Å². The maximum Gasteiger partial charge on any atom is 0.244 e. The maximum atomic E-state index is 12.9. The van der Waals surface area contributed by atoms with Gasteiger partial charge in [-0.2, -0.15) is 0 Å². The highest BCUT2D eigenvalue weighted by Crippen LogP contribution is 2.20. The van der Waals surface area contributed by atoms with Gasteiger partial charge in [0.25, 0.3) is 0 Å². The van der Waals surface area contributed by atoms with Gasteiger partial charge in [0.1, 0.15) is 17.3 Å². The number of hydrogen-bond acceptors (Lipinski definition) is 6. The maximum absolute atomic E-state index is 12.9. The first-order chi connectivity index (χ1) is 15.5. The number of methoxy groups -OCH3 is 1. The zero-order valence-corrected chi connectivity index (χ0v) is 18.9. The Morgan fingerprint density at radius 1 is 1.16 bits per heavy atom. The predicted octanol–water partition coefficient (Wildman–Crippen LogP) is 4.02. The molecule has 0 aliphatic heterocycles. The molecule has 0 spiro atoms. The van der Waals surface area contributed by atoms with Gasteiger partial charge in [-0.15, -0.1) is 10.2 Å². The Morgan fingerprint density at radius 3 is 2.53 bits per heavy atom. The third kappa shape index (κ3) is 6.58. The minimum Gasteiger partial charge on any atom is -0.497 e. The molecule has 1 unspecified atom stereocenters. The molecule has 2 aromatic carbocycles. The van der Waals surface area contributed by atoms with Crippen molar-refractivity contribution in [3.8, 4) is 11.5 Å². The van der Waals surface area contributed by atoms with Crippen molar-refractivity contribution < 1.29 is 18.7 Å². The smallest absolute Gasteiger partial charge is 0.244 e. The van der Waals surface area contributed by atoms with Crippen LogP contribution in [-0.4, -0.2) is 40.1 Å². The number of ether oxygens (including phenoxy) is 2. The first-order valence-corrected chi connectivity index (χ1v) is 11.0. The molecule has 0 aliphatic carbocycles. The molecule has 0 aliphatic rings. The largest absolute Gasteiger partial charge is 0.497 e. The summed E-state index contributed by atoms with van der Waals surface area (Å²) in [4.78, 5) is 12.3. The summed E-state index contributed by atoms with van der Waals surface area (Å²) in [7, 11) is 3.46. The number of nitrogens with zero attached hydrogens (tertiary/aromatic N) is 3. The van der Waals surface area contributed by atoms with Gasteiger partial charge in [-0.05, 0) is 55.0 Å². The third-order valence-corrected chi connectivity index (χ3v) is 5.54. The van der Waals surface area contributed by atoms with Crippen LogP contribution in [0.2, 0.25) is 0 Å². The van der Waals surface area contributed by atoms with Crippen LogP contribution in [0.4, 0.5) is 4.39 Å². The van der Waals surface area contributed by atoms with E-state index in [1.807, 2.05) is 42.8 Å². The van der Waals surface area contributed by atoms with Crippen LogP contribution in [0.1, 0.15) is 24.4 Å². The van der Waals surface area contributed by atoms with Crippen LogP contribution in [-0.2, 0) is 11.8 Å². The lowest BCUT2D eigenvalue weighted by Gasteiger charge is -2.12. The zero-order chi connectivity index (χ0) is 22.9. The summed E-state index contributed by atoms with van der Waals surface area (Å²) in [6.07, 6.45) is 3.22. The first-order valence-electron chi connectivity index (χ1n) is 9.99. The molecular formula is C23H25FN4O3S. The normalized spacial score (nSPS) is 12.0. The molecule has 1 heterocycles. The molecular weight excluding hydrogens is 431 g/mol. The summed E-state index contributed by atoms with van der Waals surface area (Å²) in [6, 6.07) is 13.0. The Hall–Kier alpha value is -3.33. The Labute approximate surface area is 190 Å². The summed E-state index contributed by atoms with van der Waals surface area (Å²) in [6.45, 7) is 2.30. The standard InChI is InChI=1S/C23H25FN4O3S/c1-16(25-21(29)13-6-17-4-9-19(30-3)10-5-17)22-26-27-23(28(22)2)32-15-14-31-20-11-7-18(24)8-12-20/h4-13,16H,14-15H2,1-3H3,(H,25,29)/b13-6+. The van der Waals surface area contributed by atoms with Crippen molar-refractivity contribution >= 4 is 23.7 Å². The van der Waals surface area contributed by atoms with E-state index in [0.29, 0.717) is 23.9 Å². The third-order valence-electron chi connectivity index (χ3n) is 4.55. The van der Waals surface area contributed by atoms with Crippen LogP contribution in [0.3, 0.4) is 0 Å². The Morgan fingerprint density at radius 2 is 1.84 bits per heavy atom. The second-order valence-corrected chi connectivity index (χ2v) is 7.95. The molecule has 3 aromatic rings. The van der Waals surface area contributed by atoms with Crippen molar-refractivity contribution in [2.45, 2.75) is 18.1 Å². The quantitative estimate of drug-likeness (QED) is 0.282. The molecule has 0 bridgehead atoms. The van der Waals surface area contributed by atoms with Crippen molar-refractivity contribution in [2.24, 2.45) is 7.05 Å². The first kappa shape index (κ1) is 23.3. The number of carbonyl (C=O) groups is 1. The number of rotatable bonds is 10. The molecule has 0 saturated carbocycles. The lowest BCUT2D eigenvalue weighted by molar-refractivity contribution is -0.117. The molecule has 32 heavy (non-hydrogen) atoms. The topological polar surface area (TPSA) is 78.3 Å².